The van der Waals surface area contributed by atoms with Crippen molar-refractivity contribution in [2.45, 2.75) is 13.5 Å². The summed E-state index contributed by atoms with van der Waals surface area (Å²) in [6, 6.07) is 14.3. The monoisotopic (exact) mass is 365 g/mol. The molecule has 4 rings (SSSR count). The van der Waals surface area contributed by atoms with Gasteiger partial charge >= 0.3 is 6.09 Å². The lowest BCUT2D eigenvalue weighted by Crippen LogP contribution is -2.16. The molecule has 2 aromatic heterocycles. The molecule has 7 nitrogen and oxygen atoms in total. The van der Waals surface area contributed by atoms with Crippen LogP contribution in [0.1, 0.15) is 12.5 Å². The molecule has 0 bridgehead atoms. The number of aromatic nitrogens is 4. The molecule has 0 saturated carbocycles. The Bertz CT molecular complexity index is 1130. The van der Waals surface area contributed by atoms with Crippen molar-refractivity contribution in [1.29, 1.82) is 0 Å². The fraction of sp³-hybridized carbons (Fsp3) is 0.158. The number of amides is 1. The van der Waals surface area contributed by atoms with E-state index in [1.165, 1.54) is 12.1 Å². The van der Waals surface area contributed by atoms with Crippen LogP contribution in [-0.4, -0.2) is 32.4 Å². The second kappa shape index (κ2) is 6.99. The van der Waals surface area contributed by atoms with Crippen LogP contribution in [0.25, 0.3) is 22.1 Å². The molecule has 136 valence electrons. The van der Waals surface area contributed by atoms with Crippen LogP contribution >= 0.6 is 0 Å². The number of carbonyl (C=O) groups is 1. The Morgan fingerprint density at radius 2 is 2.00 bits per heavy atom. The highest BCUT2D eigenvalue weighted by atomic mass is 19.1. The van der Waals surface area contributed by atoms with Gasteiger partial charge in [0.05, 0.1) is 12.1 Å². The predicted octanol–water partition coefficient (Wildman–Crippen LogP) is 3.74. The molecule has 4 aromatic rings. The second-order valence-corrected chi connectivity index (χ2v) is 5.89. The first-order chi connectivity index (χ1) is 13.2. The van der Waals surface area contributed by atoms with Crippen LogP contribution in [0.15, 0.2) is 48.5 Å². The molecule has 0 aliphatic heterocycles. The van der Waals surface area contributed by atoms with Gasteiger partial charge in [0.1, 0.15) is 11.3 Å². The number of nitrogens with one attached hydrogen (secondary N) is 1. The molecule has 0 radical (unpaired) electrons. The number of fused-ring (bicyclic) bond motifs is 3. The van der Waals surface area contributed by atoms with Crippen LogP contribution in [0.5, 0.6) is 0 Å². The van der Waals surface area contributed by atoms with Gasteiger partial charge in [-0.3, -0.25) is 5.32 Å². The third-order valence-corrected chi connectivity index (χ3v) is 4.10. The van der Waals surface area contributed by atoms with E-state index in [4.69, 9.17) is 4.74 Å². The van der Waals surface area contributed by atoms with E-state index in [9.17, 15) is 9.18 Å². The molecule has 0 saturated heterocycles. The van der Waals surface area contributed by atoms with Crippen LogP contribution in [0.3, 0.4) is 0 Å². The first kappa shape index (κ1) is 16.9. The summed E-state index contributed by atoms with van der Waals surface area (Å²) in [6.07, 6.45) is -0.657. The van der Waals surface area contributed by atoms with Gasteiger partial charge in [-0.1, -0.05) is 30.3 Å². The van der Waals surface area contributed by atoms with Crippen molar-refractivity contribution in [3.8, 4) is 0 Å². The molecule has 0 fully saturated rings. The van der Waals surface area contributed by atoms with Crippen molar-refractivity contribution in [1.82, 2.24) is 19.7 Å². The predicted molar refractivity (Wildman–Crippen MR) is 99.0 cm³/mol. The van der Waals surface area contributed by atoms with Crippen molar-refractivity contribution in [2.24, 2.45) is 0 Å². The maximum absolute atomic E-state index is 13.8. The van der Waals surface area contributed by atoms with Gasteiger partial charge in [-0.25, -0.2) is 9.18 Å². The highest BCUT2D eigenvalue weighted by Gasteiger charge is 2.17. The van der Waals surface area contributed by atoms with E-state index in [0.29, 0.717) is 23.1 Å². The number of ether oxygens (including phenoxy) is 1. The number of nitrogens with zero attached hydrogens (tertiary/aromatic N) is 4. The number of hydrogen-bond donors (Lipinski definition) is 1. The summed E-state index contributed by atoms with van der Waals surface area (Å²) in [4.78, 5) is 16.1. The number of rotatable bonds is 4. The van der Waals surface area contributed by atoms with E-state index < -0.39 is 6.09 Å². The molecule has 0 aliphatic carbocycles. The summed E-state index contributed by atoms with van der Waals surface area (Å²) >= 11 is 0. The van der Waals surface area contributed by atoms with Gasteiger partial charge in [-0.05, 0) is 30.7 Å². The standard InChI is InChI=1S/C19H16FN5O2/c1-2-27-19(26)22-18-21-17-16(23-24-18)14-10-13(20)8-9-15(14)25(17)11-12-6-4-3-5-7-12/h3-10H,2,11H2,1H3,(H,21,22,24,26). The quantitative estimate of drug-likeness (QED) is 0.596. The van der Waals surface area contributed by atoms with Gasteiger partial charge in [0.2, 0.25) is 0 Å². The fourth-order valence-corrected chi connectivity index (χ4v) is 2.97. The second-order valence-electron chi connectivity index (χ2n) is 5.89. The lowest BCUT2D eigenvalue weighted by Gasteiger charge is -2.07. The van der Waals surface area contributed by atoms with Gasteiger partial charge in [0, 0.05) is 11.9 Å². The van der Waals surface area contributed by atoms with Crippen LogP contribution < -0.4 is 5.32 Å². The summed E-state index contributed by atoms with van der Waals surface area (Å²) in [5.41, 5.74) is 2.81. The van der Waals surface area contributed by atoms with Crippen molar-refractivity contribution >= 4 is 34.1 Å². The molecule has 2 aromatic carbocycles. The summed E-state index contributed by atoms with van der Waals surface area (Å²) < 4.78 is 20.6. The molecule has 0 atom stereocenters. The van der Waals surface area contributed by atoms with E-state index in [1.54, 1.807) is 13.0 Å². The van der Waals surface area contributed by atoms with Crippen LogP contribution in [0, 0.1) is 5.82 Å². The van der Waals surface area contributed by atoms with E-state index in [2.05, 4.69) is 20.5 Å². The number of carbonyl (C=O) groups excluding carboxylic acids is 1. The smallest absolute Gasteiger partial charge is 0.414 e. The maximum atomic E-state index is 13.8. The third-order valence-electron chi connectivity index (χ3n) is 4.10. The zero-order valence-electron chi connectivity index (χ0n) is 14.5. The Kier molecular flexibility index (Phi) is 4.37. The molecule has 27 heavy (non-hydrogen) atoms. The van der Waals surface area contributed by atoms with Crippen molar-refractivity contribution < 1.29 is 13.9 Å². The van der Waals surface area contributed by atoms with E-state index in [-0.39, 0.29) is 18.4 Å². The molecule has 0 unspecified atom stereocenters. The topological polar surface area (TPSA) is 81.9 Å². The Hall–Kier alpha value is -3.55. The number of benzene rings is 2. The summed E-state index contributed by atoms with van der Waals surface area (Å²) in [6.45, 7) is 2.45. The average Bonchev–Trinajstić information content (AvgIpc) is 2.95. The minimum Gasteiger partial charge on any atom is -0.450 e. The molecule has 1 amide bonds. The zero-order valence-corrected chi connectivity index (χ0v) is 14.5. The van der Waals surface area contributed by atoms with Gasteiger partial charge in [-0.15, -0.1) is 10.2 Å². The number of hydrogen-bond acceptors (Lipinski definition) is 5. The summed E-state index contributed by atoms with van der Waals surface area (Å²) in [7, 11) is 0. The lowest BCUT2D eigenvalue weighted by molar-refractivity contribution is 0.167. The minimum absolute atomic E-state index is 0.0264. The SMILES string of the molecule is CCOC(=O)Nc1nnc2c3cc(F)ccc3n(Cc3ccccc3)c2n1. The Morgan fingerprint density at radius 3 is 2.78 bits per heavy atom. The van der Waals surface area contributed by atoms with Crippen LogP contribution in [0.4, 0.5) is 15.1 Å². The molecule has 0 spiro atoms. The molecule has 8 heteroatoms. The molecular weight excluding hydrogens is 349 g/mol. The largest absolute Gasteiger partial charge is 0.450 e. The van der Waals surface area contributed by atoms with E-state index in [0.717, 1.165) is 11.1 Å². The minimum atomic E-state index is -0.657. The number of anilines is 1. The van der Waals surface area contributed by atoms with Crippen molar-refractivity contribution in [3.63, 3.8) is 0 Å². The van der Waals surface area contributed by atoms with Gasteiger partial charge in [-0.2, -0.15) is 4.98 Å². The molecule has 1 N–H and O–H groups in total. The van der Waals surface area contributed by atoms with Gasteiger partial charge in [0.15, 0.2) is 5.65 Å². The third kappa shape index (κ3) is 3.29. The van der Waals surface area contributed by atoms with Crippen LogP contribution in [-0.2, 0) is 11.3 Å². The summed E-state index contributed by atoms with van der Waals surface area (Å²) in [5.74, 6) is -0.338. The van der Waals surface area contributed by atoms with Crippen molar-refractivity contribution in [3.05, 3.63) is 59.9 Å². The van der Waals surface area contributed by atoms with E-state index in [1.807, 2.05) is 34.9 Å². The maximum Gasteiger partial charge on any atom is 0.414 e. The van der Waals surface area contributed by atoms with Crippen molar-refractivity contribution in [2.75, 3.05) is 11.9 Å². The van der Waals surface area contributed by atoms with Gasteiger partial charge < -0.3 is 9.30 Å². The molecule has 0 aliphatic rings. The Labute approximate surface area is 153 Å². The first-order valence-electron chi connectivity index (χ1n) is 8.45. The van der Waals surface area contributed by atoms with Gasteiger partial charge in [0.25, 0.3) is 5.95 Å². The Morgan fingerprint density at radius 1 is 1.19 bits per heavy atom. The lowest BCUT2D eigenvalue weighted by atomic mass is 10.2. The molecule has 2 heterocycles. The average molecular weight is 365 g/mol. The van der Waals surface area contributed by atoms with E-state index >= 15 is 0 Å². The van der Waals surface area contributed by atoms with Crippen LogP contribution in [0.2, 0.25) is 0 Å². The Balaban J connectivity index is 1.87. The molecular formula is C19H16FN5O2. The number of halogens is 1. The fourth-order valence-electron chi connectivity index (χ4n) is 2.97. The highest BCUT2D eigenvalue weighted by Crippen LogP contribution is 2.28. The first-order valence-corrected chi connectivity index (χ1v) is 8.45. The highest BCUT2D eigenvalue weighted by molar-refractivity contribution is 6.04. The summed E-state index contributed by atoms with van der Waals surface area (Å²) in [5, 5.41) is 11.1. The normalized spacial score (nSPS) is 11.0. The zero-order chi connectivity index (χ0) is 18.8.